The highest BCUT2D eigenvalue weighted by Gasteiger charge is 2.67. The van der Waals surface area contributed by atoms with Crippen LogP contribution in [-0.4, -0.2) is 0 Å². The molecule has 6 aromatic carbocycles. The van der Waals surface area contributed by atoms with Crippen LogP contribution in [0.15, 0.2) is 109 Å². The molecule has 0 saturated heterocycles. The first-order valence-electron chi connectivity index (χ1n) is 29.6. The third kappa shape index (κ3) is 9.19. The zero-order valence-electron chi connectivity index (χ0n) is 47.9. The Labute approximate surface area is 448 Å². The van der Waals surface area contributed by atoms with Gasteiger partial charge < -0.3 is 9.80 Å². The van der Waals surface area contributed by atoms with Crippen molar-refractivity contribution in [2.45, 2.75) is 207 Å². The van der Waals surface area contributed by atoms with Gasteiger partial charge in [0, 0.05) is 33.6 Å². The molecule has 0 aromatic heterocycles. The van der Waals surface area contributed by atoms with Crippen LogP contribution in [0.25, 0.3) is 11.1 Å². The van der Waals surface area contributed by atoms with E-state index in [-0.39, 0.29) is 21.7 Å². The van der Waals surface area contributed by atoms with Crippen LogP contribution >= 0.6 is 0 Å². The predicted molar refractivity (Wildman–Crippen MR) is 318 cm³/mol. The third-order valence-corrected chi connectivity index (χ3v) is 19.8. The molecule has 388 valence electrons. The molecule has 0 atom stereocenters. The average molecular weight is 984 g/mol. The minimum atomic E-state index is 0.0661. The predicted octanol–water partition coefficient (Wildman–Crippen LogP) is 21.0. The number of rotatable bonds is 10. The normalized spacial score (nSPS) is 23.0. The molecular weight excluding hydrogens is 893 g/mol. The second-order valence-corrected chi connectivity index (χ2v) is 27.4. The van der Waals surface area contributed by atoms with E-state index in [2.05, 4.69) is 202 Å². The summed E-state index contributed by atoms with van der Waals surface area (Å²) in [5.74, 6) is 3.19. The van der Waals surface area contributed by atoms with Crippen molar-refractivity contribution in [1.82, 2.24) is 0 Å². The topological polar surface area (TPSA) is 6.48 Å². The van der Waals surface area contributed by atoms with Crippen LogP contribution in [0.5, 0.6) is 0 Å². The zero-order chi connectivity index (χ0) is 51.9. The van der Waals surface area contributed by atoms with Gasteiger partial charge in [-0.1, -0.05) is 178 Å². The molecule has 0 N–H and O–H groups in total. The van der Waals surface area contributed by atoms with E-state index >= 15 is 0 Å². The van der Waals surface area contributed by atoms with Crippen molar-refractivity contribution in [3.63, 3.8) is 0 Å². The van der Waals surface area contributed by atoms with Gasteiger partial charge in [-0.3, -0.25) is 0 Å². The lowest BCUT2D eigenvalue weighted by Gasteiger charge is -2.48. The van der Waals surface area contributed by atoms with E-state index in [9.17, 15) is 0 Å². The van der Waals surface area contributed by atoms with Crippen molar-refractivity contribution in [2.75, 3.05) is 9.80 Å². The fourth-order valence-corrected chi connectivity index (χ4v) is 16.4. The Bertz CT molecular complexity index is 2750. The summed E-state index contributed by atoms with van der Waals surface area (Å²) in [5, 5.41) is 0. The van der Waals surface area contributed by atoms with Gasteiger partial charge in [-0.05, 0) is 219 Å². The quantitative estimate of drug-likeness (QED) is 0.135. The number of aryl methyl sites for hydroxylation is 6. The molecule has 0 spiro atoms. The first-order valence-corrected chi connectivity index (χ1v) is 29.6. The van der Waals surface area contributed by atoms with Crippen LogP contribution in [0.4, 0.5) is 34.1 Å². The Morgan fingerprint density at radius 1 is 0.378 bits per heavy atom. The number of fused-ring (bicyclic) bond motifs is 3. The van der Waals surface area contributed by atoms with Crippen molar-refractivity contribution < 1.29 is 0 Å². The Balaban J connectivity index is 1.15. The average Bonchev–Trinajstić information content (AvgIpc) is 3.90. The van der Waals surface area contributed by atoms with E-state index in [4.69, 9.17) is 0 Å². The zero-order valence-corrected chi connectivity index (χ0v) is 47.9. The van der Waals surface area contributed by atoms with E-state index < -0.39 is 0 Å². The van der Waals surface area contributed by atoms with E-state index in [1.165, 1.54) is 192 Å². The van der Waals surface area contributed by atoms with Gasteiger partial charge in [-0.2, -0.15) is 0 Å². The Morgan fingerprint density at radius 2 is 0.689 bits per heavy atom. The molecule has 0 amide bonds. The summed E-state index contributed by atoms with van der Waals surface area (Å²) in [4.78, 5) is 5.29. The summed E-state index contributed by atoms with van der Waals surface area (Å²) in [6.07, 6.45) is 22.3. The fraction of sp³-hybridized carbons (Fsp3) is 0.500. The molecule has 0 bridgehead atoms. The number of anilines is 6. The molecule has 2 nitrogen and oxygen atoms in total. The highest BCUT2D eigenvalue weighted by molar-refractivity contribution is 5.89. The van der Waals surface area contributed by atoms with Crippen molar-refractivity contribution in [1.29, 1.82) is 0 Å². The smallest absolute Gasteiger partial charge is 0.0520 e. The second kappa shape index (κ2) is 19.5. The van der Waals surface area contributed by atoms with Crippen molar-refractivity contribution in [2.24, 2.45) is 23.7 Å². The van der Waals surface area contributed by atoms with Crippen LogP contribution in [0.1, 0.15) is 200 Å². The largest absolute Gasteiger partial charge is 0.310 e. The Morgan fingerprint density at radius 3 is 1.00 bits per heavy atom. The standard InChI is InChI=1S/C72H90N2/c1-47-23-27-59(28-24-47)73(67-49(3)35-57(36-50(67)4)69(7,8)9)61-31-33-63-64-34-32-62(74(60-29-25-48(2)26-30-60)68-51(5)37-58(38-52(68)6)70(10,11)12)42-66(64)72-45-55(39-53-19-15-13-16-20-53)43-71(72,65(63)41-61)44-56(46-72)40-54-21-17-14-18-22-54/h23-38,41-42,53-56H,13-22,39-40,43-46H2,1-12H3. The molecule has 5 aliphatic carbocycles. The lowest BCUT2D eigenvalue weighted by Crippen LogP contribution is -2.43. The van der Waals surface area contributed by atoms with E-state index in [0.717, 1.165) is 23.7 Å². The van der Waals surface area contributed by atoms with E-state index in [0.29, 0.717) is 0 Å². The minimum Gasteiger partial charge on any atom is -0.310 e. The van der Waals surface area contributed by atoms with Crippen molar-refractivity contribution >= 4 is 34.1 Å². The second-order valence-electron chi connectivity index (χ2n) is 27.4. The number of hydrogen-bond donors (Lipinski definition) is 0. The molecule has 11 rings (SSSR count). The summed E-state index contributed by atoms with van der Waals surface area (Å²) >= 11 is 0. The van der Waals surface area contributed by atoms with Crippen LogP contribution in [-0.2, 0) is 21.7 Å². The molecule has 4 fully saturated rings. The maximum Gasteiger partial charge on any atom is 0.0520 e. The number of nitrogens with zero attached hydrogens (tertiary/aromatic N) is 2. The molecule has 5 aliphatic rings. The van der Waals surface area contributed by atoms with Crippen LogP contribution in [0, 0.1) is 65.2 Å². The van der Waals surface area contributed by atoms with Crippen LogP contribution in [0.2, 0.25) is 0 Å². The highest BCUT2D eigenvalue weighted by atomic mass is 15.2. The van der Waals surface area contributed by atoms with E-state index in [1.54, 1.807) is 11.1 Å². The van der Waals surface area contributed by atoms with Gasteiger partial charge in [0.05, 0.1) is 11.4 Å². The van der Waals surface area contributed by atoms with Gasteiger partial charge in [-0.15, -0.1) is 0 Å². The Kier molecular flexibility index (Phi) is 13.4. The molecular formula is C72H90N2. The first-order chi connectivity index (χ1) is 35.3. The van der Waals surface area contributed by atoms with Crippen molar-refractivity contribution in [3.05, 3.63) is 165 Å². The van der Waals surface area contributed by atoms with Gasteiger partial charge in [-0.25, -0.2) is 0 Å². The van der Waals surface area contributed by atoms with Gasteiger partial charge in [0.25, 0.3) is 0 Å². The van der Waals surface area contributed by atoms with Gasteiger partial charge in [0.1, 0.15) is 0 Å². The molecule has 2 heteroatoms. The first kappa shape index (κ1) is 51.0. The molecule has 4 saturated carbocycles. The SMILES string of the molecule is Cc1ccc(N(c2ccc3c(c2)C24CC(CC5CCCCC5)CC2(CC(CC2CCCCC2)C4)c2cc(N(c4ccc(C)cc4)c4c(C)cc(C(C)(C)C)cc4C)ccc2-3)c2c(C)cc(C(C)(C)C)cc2C)cc1. The summed E-state index contributed by atoms with van der Waals surface area (Å²) in [6.45, 7) is 28.0. The molecule has 0 radical (unpaired) electrons. The monoisotopic (exact) mass is 983 g/mol. The molecule has 0 heterocycles. The van der Waals surface area contributed by atoms with Crippen LogP contribution in [0.3, 0.4) is 0 Å². The lowest BCUT2D eigenvalue weighted by atomic mass is 9.55. The van der Waals surface area contributed by atoms with Crippen LogP contribution < -0.4 is 9.80 Å². The lowest BCUT2D eigenvalue weighted by molar-refractivity contribution is 0.253. The summed E-state index contributed by atoms with van der Waals surface area (Å²) in [7, 11) is 0. The minimum absolute atomic E-state index is 0.0661. The maximum atomic E-state index is 2.77. The van der Waals surface area contributed by atoms with Gasteiger partial charge >= 0.3 is 0 Å². The summed E-state index contributed by atoms with van der Waals surface area (Å²) in [5.41, 5.74) is 25.1. The number of benzene rings is 6. The molecule has 0 unspecified atom stereocenters. The van der Waals surface area contributed by atoms with Gasteiger partial charge in [0.15, 0.2) is 0 Å². The van der Waals surface area contributed by atoms with E-state index in [1.807, 2.05) is 0 Å². The summed E-state index contributed by atoms with van der Waals surface area (Å²) < 4.78 is 0. The Hall–Kier alpha value is -5.08. The fourth-order valence-electron chi connectivity index (χ4n) is 16.4. The molecule has 74 heavy (non-hydrogen) atoms. The molecule has 0 aliphatic heterocycles. The third-order valence-electron chi connectivity index (χ3n) is 19.8. The molecule has 6 aromatic rings. The number of hydrogen-bond acceptors (Lipinski definition) is 2. The van der Waals surface area contributed by atoms with Gasteiger partial charge in [0.2, 0.25) is 0 Å². The highest BCUT2D eigenvalue weighted by Crippen LogP contribution is 2.73. The summed E-state index contributed by atoms with van der Waals surface area (Å²) in [6, 6.07) is 44.4. The van der Waals surface area contributed by atoms with Crippen molar-refractivity contribution in [3.8, 4) is 11.1 Å². The maximum absolute atomic E-state index is 2.77.